The minimum Gasteiger partial charge on any atom is -0.493 e. The smallest absolute Gasteiger partial charge is 0.357 e. The first-order chi connectivity index (χ1) is 16.8. The molecule has 0 saturated carbocycles. The molecular weight excluding hydrogens is 524 g/mol. The van der Waals surface area contributed by atoms with Crippen molar-refractivity contribution in [2.45, 2.75) is 13.0 Å². The lowest BCUT2D eigenvalue weighted by atomic mass is 10.0. The van der Waals surface area contributed by atoms with Gasteiger partial charge in [-0.3, -0.25) is 0 Å². The van der Waals surface area contributed by atoms with Crippen molar-refractivity contribution in [2.24, 2.45) is 0 Å². The largest absolute Gasteiger partial charge is 0.493 e. The third kappa shape index (κ3) is 5.14. The van der Waals surface area contributed by atoms with Gasteiger partial charge in [-0.25, -0.2) is 19.1 Å². The van der Waals surface area contributed by atoms with Crippen LogP contribution in [0.25, 0.3) is 16.9 Å². The molecule has 3 aromatic rings. The van der Waals surface area contributed by atoms with Crippen molar-refractivity contribution in [1.82, 2.24) is 9.78 Å². The van der Waals surface area contributed by atoms with Gasteiger partial charge in [-0.05, 0) is 47.1 Å². The summed E-state index contributed by atoms with van der Waals surface area (Å²) in [6.07, 6.45) is -0.912. The molecule has 1 heterocycles. The van der Waals surface area contributed by atoms with Crippen LogP contribution in [0.3, 0.4) is 0 Å². The molecule has 0 bridgehead atoms. The van der Waals surface area contributed by atoms with Crippen molar-refractivity contribution in [3.8, 4) is 28.4 Å². The van der Waals surface area contributed by atoms with Crippen LogP contribution in [0.4, 0.5) is 0 Å². The van der Waals surface area contributed by atoms with Gasteiger partial charge < -0.3 is 23.7 Å². The van der Waals surface area contributed by atoms with Gasteiger partial charge in [0.2, 0.25) is 0 Å². The molecule has 0 aliphatic carbocycles. The van der Waals surface area contributed by atoms with Crippen LogP contribution in [-0.2, 0) is 19.0 Å². The fourth-order valence-corrected chi connectivity index (χ4v) is 3.85. The highest BCUT2D eigenvalue weighted by molar-refractivity contribution is 9.10. The van der Waals surface area contributed by atoms with Gasteiger partial charge in [0.15, 0.2) is 23.3 Å². The Morgan fingerprint density at radius 1 is 0.943 bits per heavy atom. The van der Waals surface area contributed by atoms with E-state index >= 15 is 0 Å². The average Bonchev–Trinajstić information content (AvgIpc) is 3.29. The molecule has 0 radical (unpaired) electrons. The number of carbonyl (C=O) groups excluding carboxylic acids is 3. The van der Waals surface area contributed by atoms with E-state index in [0.29, 0.717) is 15.7 Å². The van der Waals surface area contributed by atoms with Gasteiger partial charge in [0.05, 0.1) is 38.6 Å². The van der Waals surface area contributed by atoms with Gasteiger partial charge >= 0.3 is 17.9 Å². The Hall–Kier alpha value is -3.86. The average molecular weight is 547 g/mol. The maximum absolute atomic E-state index is 12.9. The summed E-state index contributed by atoms with van der Waals surface area (Å²) in [5.74, 6) is -1.64. The Morgan fingerprint density at radius 3 is 2.17 bits per heavy atom. The number of methoxy groups -OCH3 is 4. The molecule has 0 spiro atoms. The van der Waals surface area contributed by atoms with Gasteiger partial charge in [0.25, 0.3) is 0 Å². The van der Waals surface area contributed by atoms with Crippen molar-refractivity contribution in [1.29, 1.82) is 0 Å². The maximum Gasteiger partial charge on any atom is 0.357 e. The first-order valence-corrected chi connectivity index (χ1v) is 11.0. The van der Waals surface area contributed by atoms with Crippen LogP contribution in [0, 0.1) is 0 Å². The summed E-state index contributed by atoms with van der Waals surface area (Å²) in [7, 11) is 5.09. The van der Waals surface area contributed by atoms with E-state index in [1.54, 1.807) is 36.4 Å². The van der Waals surface area contributed by atoms with Crippen molar-refractivity contribution >= 4 is 33.8 Å². The number of esters is 3. The number of benzene rings is 2. The number of aromatic nitrogens is 2. The van der Waals surface area contributed by atoms with Crippen LogP contribution in [0.2, 0.25) is 0 Å². The second kappa shape index (κ2) is 11.0. The van der Waals surface area contributed by atoms with Gasteiger partial charge in [0.1, 0.15) is 11.3 Å². The van der Waals surface area contributed by atoms with Gasteiger partial charge in [-0.1, -0.05) is 18.2 Å². The zero-order valence-corrected chi connectivity index (χ0v) is 21.2. The van der Waals surface area contributed by atoms with E-state index < -0.39 is 24.0 Å². The lowest BCUT2D eigenvalue weighted by Gasteiger charge is -2.17. The lowest BCUT2D eigenvalue weighted by Crippen LogP contribution is -2.25. The molecule has 35 heavy (non-hydrogen) atoms. The molecule has 3 rings (SSSR count). The third-order valence-corrected chi connectivity index (χ3v) is 5.57. The Morgan fingerprint density at radius 2 is 1.60 bits per heavy atom. The number of ether oxygens (including phenoxy) is 5. The molecule has 0 fully saturated rings. The number of halogens is 1. The summed E-state index contributed by atoms with van der Waals surface area (Å²) in [6, 6.07) is 12.0. The fourth-order valence-electron chi connectivity index (χ4n) is 3.32. The Labute approximate surface area is 209 Å². The summed E-state index contributed by atoms with van der Waals surface area (Å²) in [5, 5.41) is 4.56. The quantitative estimate of drug-likeness (QED) is 0.307. The van der Waals surface area contributed by atoms with Crippen molar-refractivity contribution in [2.75, 3.05) is 28.4 Å². The van der Waals surface area contributed by atoms with Crippen molar-refractivity contribution < 1.29 is 38.1 Å². The second-order valence-electron chi connectivity index (χ2n) is 7.08. The van der Waals surface area contributed by atoms with Crippen LogP contribution in [0.1, 0.15) is 27.8 Å². The molecule has 184 valence electrons. The van der Waals surface area contributed by atoms with E-state index in [4.69, 9.17) is 23.7 Å². The molecule has 1 atom stereocenters. The third-order valence-electron chi connectivity index (χ3n) is 4.99. The number of para-hydroxylation sites is 1. The molecule has 10 nitrogen and oxygen atoms in total. The summed E-state index contributed by atoms with van der Waals surface area (Å²) in [5.41, 5.74) is 0.894. The summed E-state index contributed by atoms with van der Waals surface area (Å²) in [4.78, 5) is 37.4. The molecule has 0 aliphatic heterocycles. The van der Waals surface area contributed by atoms with E-state index in [2.05, 4.69) is 21.0 Å². The predicted molar refractivity (Wildman–Crippen MR) is 128 cm³/mol. The molecule has 0 aliphatic rings. The molecular formula is C24H23BrN2O8. The first kappa shape index (κ1) is 25.8. The summed E-state index contributed by atoms with van der Waals surface area (Å²) < 4.78 is 27.5. The fraction of sp³-hybridized carbons (Fsp3) is 0.250. The van der Waals surface area contributed by atoms with Gasteiger partial charge in [0, 0.05) is 5.56 Å². The van der Waals surface area contributed by atoms with Crippen molar-refractivity contribution in [3.05, 3.63) is 58.2 Å². The standard InChI is InChI=1S/C24H23BrN2O8/c1-13(22(28)32-3)35-21-16(25)11-14(12-17(21)31-2)19-18(23(29)33-4)20(24(30)34-5)27(26-19)15-9-7-6-8-10-15/h6-13H,1-5H3. The maximum atomic E-state index is 12.9. The molecule has 0 amide bonds. The SMILES string of the molecule is COC(=O)c1c(-c2cc(Br)c(OC(C)C(=O)OC)c(OC)c2)nn(-c2ccccc2)c1C(=O)OC. The normalized spacial score (nSPS) is 11.4. The molecule has 2 aromatic carbocycles. The van der Waals surface area contributed by atoms with Gasteiger partial charge in [-0.2, -0.15) is 5.10 Å². The number of hydrogen-bond acceptors (Lipinski definition) is 9. The van der Waals surface area contributed by atoms with E-state index in [1.165, 1.54) is 40.0 Å². The van der Waals surface area contributed by atoms with Crippen LogP contribution >= 0.6 is 15.9 Å². The van der Waals surface area contributed by atoms with Crippen LogP contribution < -0.4 is 9.47 Å². The molecule has 1 unspecified atom stereocenters. The van der Waals surface area contributed by atoms with Crippen LogP contribution in [0.15, 0.2) is 46.9 Å². The van der Waals surface area contributed by atoms with E-state index in [0.717, 1.165) is 0 Å². The van der Waals surface area contributed by atoms with E-state index in [-0.39, 0.29) is 28.5 Å². The zero-order chi connectivity index (χ0) is 25.7. The highest BCUT2D eigenvalue weighted by Gasteiger charge is 2.32. The topological polar surface area (TPSA) is 115 Å². The Kier molecular flexibility index (Phi) is 8.13. The molecule has 11 heteroatoms. The highest BCUT2D eigenvalue weighted by atomic mass is 79.9. The summed E-state index contributed by atoms with van der Waals surface area (Å²) >= 11 is 3.43. The number of carbonyl (C=O) groups is 3. The Balaban J connectivity index is 2.27. The van der Waals surface area contributed by atoms with E-state index in [9.17, 15) is 14.4 Å². The first-order valence-electron chi connectivity index (χ1n) is 10.2. The highest BCUT2D eigenvalue weighted by Crippen LogP contribution is 2.41. The lowest BCUT2D eigenvalue weighted by molar-refractivity contribution is -0.148. The van der Waals surface area contributed by atoms with Crippen LogP contribution in [0.5, 0.6) is 11.5 Å². The Bertz CT molecular complexity index is 1260. The molecule has 0 saturated heterocycles. The minimum absolute atomic E-state index is 0.0891. The monoisotopic (exact) mass is 546 g/mol. The number of nitrogens with zero attached hydrogens (tertiary/aromatic N) is 2. The van der Waals surface area contributed by atoms with Gasteiger partial charge in [-0.15, -0.1) is 0 Å². The molecule has 1 aromatic heterocycles. The number of hydrogen-bond donors (Lipinski definition) is 0. The minimum atomic E-state index is -0.912. The molecule has 0 N–H and O–H groups in total. The van der Waals surface area contributed by atoms with E-state index in [1.807, 2.05) is 6.07 Å². The zero-order valence-electron chi connectivity index (χ0n) is 19.7. The summed E-state index contributed by atoms with van der Waals surface area (Å²) in [6.45, 7) is 1.53. The second-order valence-corrected chi connectivity index (χ2v) is 7.93. The predicted octanol–water partition coefficient (Wildman–Crippen LogP) is 3.82. The van der Waals surface area contributed by atoms with Crippen molar-refractivity contribution in [3.63, 3.8) is 0 Å². The number of rotatable bonds is 8. The van der Waals surface area contributed by atoms with Crippen LogP contribution in [-0.4, -0.2) is 62.2 Å².